The molecule has 0 N–H and O–H groups in total. The van der Waals surface area contributed by atoms with E-state index in [1.54, 1.807) is 0 Å². The van der Waals surface area contributed by atoms with Crippen molar-refractivity contribution in [1.82, 2.24) is 0 Å². The first-order valence-electron chi connectivity index (χ1n) is 7.22. The molecule has 0 amide bonds. The summed E-state index contributed by atoms with van der Waals surface area (Å²) in [5, 5.41) is 0. The van der Waals surface area contributed by atoms with Crippen LogP contribution in [0.5, 0.6) is 0 Å². The molecule has 2 atom stereocenters. The number of ether oxygens (including phenoxy) is 1. The highest BCUT2D eigenvalue weighted by molar-refractivity contribution is 5.52. The van der Waals surface area contributed by atoms with Gasteiger partial charge in [-0.05, 0) is 44.6 Å². The van der Waals surface area contributed by atoms with Crippen molar-refractivity contribution >= 4 is 6.08 Å². The molecule has 0 spiro atoms. The fourth-order valence-corrected chi connectivity index (χ4v) is 3.32. The Balaban J connectivity index is 1.67. The van der Waals surface area contributed by atoms with Crippen LogP contribution < -0.4 is 0 Å². The third-order valence-corrected chi connectivity index (χ3v) is 4.15. The maximum atomic E-state index is 6.10. The van der Waals surface area contributed by atoms with E-state index in [1.165, 1.54) is 17.6 Å². The standard InChI is InChI=1S/C18H22O/c1-18(2)13-16-12-15(10-11-17(16)19-18)9-8-14-6-4-3-5-7-14/h3-10,16-17H,11-13H2,1-2H3/b9-8+/t16-,17-/m1/s1. The van der Waals surface area contributed by atoms with Crippen LogP contribution in [0.4, 0.5) is 0 Å². The molecule has 1 saturated heterocycles. The van der Waals surface area contributed by atoms with Gasteiger partial charge < -0.3 is 4.74 Å². The average molecular weight is 254 g/mol. The number of fused-ring (bicyclic) bond motifs is 1. The quantitative estimate of drug-likeness (QED) is 0.749. The first kappa shape index (κ1) is 12.7. The number of benzene rings is 1. The fourth-order valence-electron chi connectivity index (χ4n) is 3.32. The molecule has 1 aromatic rings. The lowest BCUT2D eigenvalue weighted by Crippen LogP contribution is -2.21. The molecule has 1 heteroatoms. The Morgan fingerprint density at radius 2 is 1.95 bits per heavy atom. The van der Waals surface area contributed by atoms with Crippen LogP contribution in [0, 0.1) is 5.92 Å². The van der Waals surface area contributed by atoms with Crippen LogP contribution in [-0.4, -0.2) is 11.7 Å². The molecule has 0 unspecified atom stereocenters. The van der Waals surface area contributed by atoms with Gasteiger partial charge in [0.1, 0.15) is 0 Å². The molecule has 100 valence electrons. The Morgan fingerprint density at radius 1 is 1.16 bits per heavy atom. The Hall–Kier alpha value is -1.34. The highest BCUT2D eigenvalue weighted by atomic mass is 16.5. The van der Waals surface area contributed by atoms with Crippen molar-refractivity contribution in [3.8, 4) is 0 Å². The molecular weight excluding hydrogens is 232 g/mol. The summed E-state index contributed by atoms with van der Waals surface area (Å²) >= 11 is 0. The van der Waals surface area contributed by atoms with Crippen molar-refractivity contribution in [3.05, 3.63) is 53.6 Å². The molecule has 0 radical (unpaired) electrons. The van der Waals surface area contributed by atoms with Gasteiger partial charge in [-0.15, -0.1) is 0 Å². The van der Waals surface area contributed by atoms with Crippen LogP contribution in [0.25, 0.3) is 6.08 Å². The Bertz CT molecular complexity index is 496. The zero-order valence-electron chi connectivity index (χ0n) is 11.8. The highest BCUT2D eigenvalue weighted by Gasteiger charge is 2.40. The van der Waals surface area contributed by atoms with Crippen molar-refractivity contribution in [1.29, 1.82) is 0 Å². The summed E-state index contributed by atoms with van der Waals surface area (Å²) in [6, 6.07) is 10.5. The minimum Gasteiger partial charge on any atom is -0.372 e. The summed E-state index contributed by atoms with van der Waals surface area (Å²) in [4.78, 5) is 0. The van der Waals surface area contributed by atoms with Crippen LogP contribution >= 0.6 is 0 Å². The largest absolute Gasteiger partial charge is 0.372 e. The van der Waals surface area contributed by atoms with Crippen LogP contribution in [0.15, 0.2) is 48.1 Å². The van der Waals surface area contributed by atoms with Gasteiger partial charge in [0.05, 0.1) is 11.7 Å². The molecule has 1 aromatic carbocycles. The predicted molar refractivity (Wildman–Crippen MR) is 79.9 cm³/mol. The summed E-state index contributed by atoms with van der Waals surface area (Å²) in [6.07, 6.45) is 10.7. The van der Waals surface area contributed by atoms with E-state index >= 15 is 0 Å². The van der Waals surface area contributed by atoms with Crippen LogP contribution in [0.2, 0.25) is 0 Å². The average Bonchev–Trinajstić information content (AvgIpc) is 2.70. The predicted octanol–water partition coefficient (Wildman–Crippen LogP) is 4.60. The first-order chi connectivity index (χ1) is 9.12. The van der Waals surface area contributed by atoms with E-state index in [1.807, 2.05) is 0 Å². The number of allylic oxidation sites excluding steroid dienone is 2. The SMILES string of the molecule is CC1(C)C[C@H]2CC(/C=C/c3ccccc3)=CC[C@H]2O1. The van der Waals surface area contributed by atoms with Gasteiger partial charge in [0.15, 0.2) is 0 Å². The zero-order chi connectivity index (χ0) is 13.3. The Morgan fingerprint density at radius 3 is 2.74 bits per heavy atom. The molecule has 19 heavy (non-hydrogen) atoms. The van der Waals surface area contributed by atoms with Crippen LogP contribution in [0.3, 0.4) is 0 Å². The summed E-state index contributed by atoms with van der Waals surface area (Å²) in [5.74, 6) is 0.704. The molecule has 3 rings (SSSR count). The maximum absolute atomic E-state index is 6.10. The number of hydrogen-bond acceptors (Lipinski definition) is 1. The maximum Gasteiger partial charge on any atom is 0.0649 e. The first-order valence-corrected chi connectivity index (χ1v) is 7.22. The Kier molecular flexibility index (Phi) is 3.32. The molecular formula is C18H22O. The molecule has 1 aliphatic carbocycles. The summed E-state index contributed by atoms with van der Waals surface area (Å²) in [7, 11) is 0. The second-order valence-corrected chi connectivity index (χ2v) is 6.34. The van der Waals surface area contributed by atoms with Crippen molar-refractivity contribution in [2.75, 3.05) is 0 Å². The smallest absolute Gasteiger partial charge is 0.0649 e. The van der Waals surface area contributed by atoms with Gasteiger partial charge in [-0.2, -0.15) is 0 Å². The second-order valence-electron chi connectivity index (χ2n) is 6.34. The molecule has 1 heterocycles. The molecule has 1 nitrogen and oxygen atoms in total. The normalized spacial score (nSPS) is 29.3. The van der Waals surface area contributed by atoms with Crippen LogP contribution in [0.1, 0.15) is 38.7 Å². The van der Waals surface area contributed by atoms with E-state index in [4.69, 9.17) is 4.74 Å². The molecule has 0 saturated carbocycles. The summed E-state index contributed by atoms with van der Waals surface area (Å²) < 4.78 is 6.10. The van der Waals surface area contributed by atoms with Crippen molar-refractivity contribution in [2.24, 2.45) is 5.92 Å². The zero-order valence-corrected chi connectivity index (χ0v) is 11.8. The Labute approximate surface area is 116 Å². The van der Waals surface area contributed by atoms with E-state index < -0.39 is 0 Å². The van der Waals surface area contributed by atoms with Gasteiger partial charge in [0.2, 0.25) is 0 Å². The minimum absolute atomic E-state index is 0.0712. The van der Waals surface area contributed by atoms with Crippen LogP contribution in [-0.2, 0) is 4.74 Å². The highest BCUT2D eigenvalue weighted by Crippen LogP contribution is 2.42. The van der Waals surface area contributed by atoms with Crippen molar-refractivity contribution < 1.29 is 4.74 Å². The van der Waals surface area contributed by atoms with Crippen molar-refractivity contribution in [2.45, 2.75) is 44.8 Å². The van der Waals surface area contributed by atoms with Gasteiger partial charge in [-0.1, -0.05) is 54.1 Å². The van der Waals surface area contributed by atoms with Gasteiger partial charge in [-0.3, -0.25) is 0 Å². The second kappa shape index (κ2) is 4.97. The lowest BCUT2D eigenvalue weighted by Gasteiger charge is -2.23. The molecule has 1 fully saturated rings. The van der Waals surface area contributed by atoms with E-state index in [2.05, 4.69) is 62.4 Å². The summed E-state index contributed by atoms with van der Waals surface area (Å²) in [5.41, 5.74) is 2.81. The van der Waals surface area contributed by atoms with Gasteiger partial charge in [-0.25, -0.2) is 0 Å². The van der Waals surface area contributed by atoms with E-state index in [9.17, 15) is 0 Å². The van der Waals surface area contributed by atoms with Gasteiger partial charge in [0, 0.05) is 0 Å². The number of rotatable bonds is 2. The van der Waals surface area contributed by atoms with E-state index in [-0.39, 0.29) is 5.60 Å². The third-order valence-electron chi connectivity index (χ3n) is 4.15. The number of hydrogen-bond donors (Lipinski definition) is 0. The lowest BCUT2D eigenvalue weighted by molar-refractivity contribution is -0.0202. The lowest BCUT2D eigenvalue weighted by atomic mass is 9.83. The monoisotopic (exact) mass is 254 g/mol. The van der Waals surface area contributed by atoms with E-state index in [0.717, 1.165) is 12.8 Å². The fraction of sp³-hybridized carbons (Fsp3) is 0.444. The molecule has 0 aromatic heterocycles. The van der Waals surface area contributed by atoms with Gasteiger partial charge in [0.25, 0.3) is 0 Å². The third kappa shape index (κ3) is 2.98. The van der Waals surface area contributed by atoms with Gasteiger partial charge >= 0.3 is 0 Å². The molecule has 1 aliphatic heterocycles. The summed E-state index contributed by atoms with van der Waals surface area (Å²) in [6.45, 7) is 4.43. The molecule has 2 aliphatic rings. The van der Waals surface area contributed by atoms with E-state index in [0.29, 0.717) is 12.0 Å². The minimum atomic E-state index is 0.0712. The topological polar surface area (TPSA) is 9.23 Å². The van der Waals surface area contributed by atoms with Crippen molar-refractivity contribution in [3.63, 3.8) is 0 Å². The molecule has 0 bridgehead atoms.